The first-order chi connectivity index (χ1) is 7.54. The predicted molar refractivity (Wildman–Crippen MR) is 70.7 cm³/mol. The summed E-state index contributed by atoms with van der Waals surface area (Å²) in [6, 6.07) is 0.318. The summed E-state index contributed by atoms with van der Waals surface area (Å²) in [4.78, 5) is 13.5. The largest absolute Gasteiger partial charge is 0.468 e. The molecule has 1 aliphatic rings. The van der Waals surface area contributed by atoms with Crippen molar-refractivity contribution in [1.29, 1.82) is 0 Å². The number of methoxy groups -OCH3 is 1. The number of thiocarbonyl (C=S) groups is 1. The zero-order valence-corrected chi connectivity index (χ0v) is 11.5. The predicted octanol–water partition coefficient (Wildman–Crippen LogP) is 0.860. The number of rotatable bonds is 2. The summed E-state index contributed by atoms with van der Waals surface area (Å²) in [5.41, 5.74) is 0. The van der Waals surface area contributed by atoms with Gasteiger partial charge in [-0.3, -0.25) is 4.79 Å². The minimum atomic E-state index is -0.165. The zero-order valence-electron chi connectivity index (χ0n) is 9.86. The van der Waals surface area contributed by atoms with Crippen molar-refractivity contribution in [2.24, 2.45) is 0 Å². The number of nitrogens with zero attached hydrogens (tertiary/aromatic N) is 1. The Bertz CT molecular complexity index is 272. The molecule has 0 radical (unpaired) electrons. The molecule has 0 aromatic heterocycles. The first-order valence-electron chi connectivity index (χ1n) is 5.29. The van der Waals surface area contributed by atoms with Crippen molar-refractivity contribution in [3.05, 3.63) is 0 Å². The van der Waals surface area contributed by atoms with Crippen LogP contribution in [-0.2, 0) is 9.53 Å². The average molecular weight is 262 g/mol. The van der Waals surface area contributed by atoms with Crippen LogP contribution in [0.1, 0.15) is 13.8 Å². The van der Waals surface area contributed by atoms with Crippen molar-refractivity contribution in [1.82, 2.24) is 10.2 Å². The molecule has 1 N–H and O–H groups in total. The number of carbonyl (C=O) groups is 1. The third-order valence-corrected chi connectivity index (χ3v) is 3.77. The molecule has 0 unspecified atom stereocenters. The normalized spacial score (nSPS) is 20.8. The molecule has 1 aliphatic heterocycles. The number of carbonyl (C=O) groups excluding carboxylic acids is 1. The Morgan fingerprint density at radius 2 is 2.31 bits per heavy atom. The fourth-order valence-corrected chi connectivity index (χ4v) is 2.98. The Hall–Kier alpha value is -0.490. The summed E-state index contributed by atoms with van der Waals surface area (Å²) in [5, 5.41) is 3.79. The zero-order chi connectivity index (χ0) is 12.1. The minimum absolute atomic E-state index is 0.120. The molecule has 6 heteroatoms. The molecule has 1 atom stereocenters. The molecule has 1 saturated heterocycles. The van der Waals surface area contributed by atoms with Crippen molar-refractivity contribution in [2.75, 3.05) is 26.0 Å². The maximum atomic E-state index is 11.4. The van der Waals surface area contributed by atoms with Gasteiger partial charge in [0, 0.05) is 24.9 Å². The first kappa shape index (κ1) is 13.6. The van der Waals surface area contributed by atoms with E-state index < -0.39 is 0 Å². The summed E-state index contributed by atoms with van der Waals surface area (Å²) < 4.78 is 4.75. The van der Waals surface area contributed by atoms with Crippen molar-refractivity contribution < 1.29 is 9.53 Å². The lowest BCUT2D eigenvalue weighted by molar-refractivity contribution is -0.140. The molecule has 0 aromatic rings. The quantitative estimate of drug-likeness (QED) is 0.588. The maximum Gasteiger partial charge on any atom is 0.320 e. The van der Waals surface area contributed by atoms with Gasteiger partial charge in [-0.25, -0.2) is 0 Å². The van der Waals surface area contributed by atoms with Crippen molar-refractivity contribution in [3.8, 4) is 0 Å². The maximum absolute atomic E-state index is 11.4. The summed E-state index contributed by atoms with van der Waals surface area (Å²) in [5.74, 6) is 0.738. The van der Waals surface area contributed by atoms with Gasteiger partial charge in [0.15, 0.2) is 5.11 Å². The van der Waals surface area contributed by atoms with Gasteiger partial charge in [0.25, 0.3) is 0 Å². The molecular weight excluding hydrogens is 244 g/mol. The van der Waals surface area contributed by atoms with Gasteiger partial charge < -0.3 is 15.0 Å². The van der Waals surface area contributed by atoms with Gasteiger partial charge in [-0.1, -0.05) is 0 Å². The fourth-order valence-electron chi connectivity index (χ4n) is 1.45. The molecule has 1 fully saturated rings. The molecule has 0 aromatic carbocycles. The highest BCUT2D eigenvalue weighted by Gasteiger charge is 2.28. The van der Waals surface area contributed by atoms with Gasteiger partial charge in [-0.2, -0.15) is 0 Å². The van der Waals surface area contributed by atoms with Crippen LogP contribution in [0.4, 0.5) is 0 Å². The summed E-state index contributed by atoms with van der Waals surface area (Å²) in [6.07, 6.45) is 0. The SMILES string of the molecule is COC(=O)[C@@H]1CN(C(=S)NC(C)C)CCS1. The van der Waals surface area contributed by atoms with E-state index in [0.29, 0.717) is 12.6 Å². The van der Waals surface area contributed by atoms with E-state index in [1.807, 2.05) is 18.7 Å². The van der Waals surface area contributed by atoms with Gasteiger partial charge in [0.1, 0.15) is 5.25 Å². The third kappa shape index (κ3) is 3.83. The van der Waals surface area contributed by atoms with Crippen LogP contribution in [0.25, 0.3) is 0 Å². The number of ether oxygens (including phenoxy) is 1. The van der Waals surface area contributed by atoms with E-state index in [0.717, 1.165) is 17.4 Å². The lowest BCUT2D eigenvalue weighted by Gasteiger charge is -2.33. The summed E-state index contributed by atoms with van der Waals surface area (Å²) >= 11 is 6.91. The number of nitrogens with one attached hydrogen (secondary N) is 1. The molecule has 0 amide bonds. The topological polar surface area (TPSA) is 41.6 Å². The van der Waals surface area contributed by atoms with Crippen molar-refractivity contribution >= 4 is 35.1 Å². The van der Waals surface area contributed by atoms with Crippen molar-refractivity contribution in [2.45, 2.75) is 25.1 Å². The van der Waals surface area contributed by atoms with Gasteiger partial charge in [0.2, 0.25) is 0 Å². The molecule has 1 rings (SSSR count). The van der Waals surface area contributed by atoms with Gasteiger partial charge in [0.05, 0.1) is 7.11 Å². The van der Waals surface area contributed by atoms with Crippen LogP contribution in [0.5, 0.6) is 0 Å². The van der Waals surface area contributed by atoms with E-state index in [9.17, 15) is 4.79 Å². The second-order valence-electron chi connectivity index (χ2n) is 3.93. The Morgan fingerprint density at radius 1 is 1.62 bits per heavy atom. The molecule has 0 aliphatic carbocycles. The Morgan fingerprint density at radius 3 is 2.88 bits per heavy atom. The number of hydrogen-bond acceptors (Lipinski definition) is 4. The first-order valence-corrected chi connectivity index (χ1v) is 6.75. The second-order valence-corrected chi connectivity index (χ2v) is 5.63. The van der Waals surface area contributed by atoms with E-state index in [1.54, 1.807) is 11.8 Å². The van der Waals surface area contributed by atoms with E-state index in [-0.39, 0.29) is 11.2 Å². The highest BCUT2D eigenvalue weighted by Crippen LogP contribution is 2.19. The van der Waals surface area contributed by atoms with Crippen LogP contribution in [-0.4, -0.2) is 53.2 Å². The Kier molecular flexibility index (Phi) is 5.34. The summed E-state index contributed by atoms with van der Waals surface area (Å²) in [7, 11) is 1.42. The number of esters is 1. The van der Waals surface area contributed by atoms with Crippen LogP contribution in [0.15, 0.2) is 0 Å². The molecule has 16 heavy (non-hydrogen) atoms. The van der Waals surface area contributed by atoms with E-state index in [2.05, 4.69) is 5.32 Å². The van der Waals surface area contributed by atoms with Gasteiger partial charge in [-0.15, -0.1) is 11.8 Å². The highest BCUT2D eigenvalue weighted by molar-refractivity contribution is 8.00. The van der Waals surface area contributed by atoms with Crippen LogP contribution < -0.4 is 5.32 Å². The van der Waals surface area contributed by atoms with Crippen LogP contribution >= 0.6 is 24.0 Å². The molecule has 0 spiro atoms. The van der Waals surface area contributed by atoms with E-state index in [1.165, 1.54) is 7.11 Å². The van der Waals surface area contributed by atoms with Crippen LogP contribution in [0.3, 0.4) is 0 Å². The Balaban J connectivity index is 2.50. The molecule has 0 saturated carbocycles. The molecule has 0 bridgehead atoms. The number of hydrogen-bond donors (Lipinski definition) is 1. The van der Waals surface area contributed by atoms with E-state index >= 15 is 0 Å². The lowest BCUT2D eigenvalue weighted by atomic mass is 10.3. The monoisotopic (exact) mass is 262 g/mol. The van der Waals surface area contributed by atoms with Crippen molar-refractivity contribution in [3.63, 3.8) is 0 Å². The highest BCUT2D eigenvalue weighted by atomic mass is 32.2. The summed E-state index contributed by atoms with van der Waals surface area (Å²) in [6.45, 7) is 5.61. The Labute approximate surface area is 106 Å². The fraction of sp³-hybridized carbons (Fsp3) is 0.800. The third-order valence-electron chi connectivity index (χ3n) is 2.23. The van der Waals surface area contributed by atoms with Gasteiger partial charge >= 0.3 is 5.97 Å². The van der Waals surface area contributed by atoms with Gasteiger partial charge in [-0.05, 0) is 26.1 Å². The minimum Gasteiger partial charge on any atom is -0.468 e. The number of thioether (sulfide) groups is 1. The van der Waals surface area contributed by atoms with E-state index in [4.69, 9.17) is 17.0 Å². The average Bonchev–Trinajstić information content (AvgIpc) is 2.27. The van der Waals surface area contributed by atoms with Crippen LogP contribution in [0, 0.1) is 0 Å². The molecule has 4 nitrogen and oxygen atoms in total. The molecule has 1 heterocycles. The standard InChI is InChI=1S/C10H18N2O2S2/c1-7(2)11-10(15)12-4-5-16-8(6-12)9(13)14-3/h7-8H,4-6H2,1-3H3,(H,11,15)/t8-/m0/s1. The molecular formula is C10H18N2O2S2. The second kappa shape index (κ2) is 6.30. The van der Waals surface area contributed by atoms with Crippen LogP contribution in [0.2, 0.25) is 0 Å². The lowest BCUT2D eigenvalue weighted by Crippen LogP contribution is -2.50. The molecule has 92 valence electrons. The smallest absolute Gasteiger partial charge is 0.320 e.